The molecule has 2 aromatic heterocycles. The normalized spacial score (nSPS) is 16.2. The van der Waals surface area contributed by atoms with E-state index in [0.29, 0.717) is 26.2 Å². The standard InChI is InChI=1S/C20H17BrCl2N4O/c1-10(2)26-18-16(25-20(26)21)19(28)27(15-8-12(22)5-4-11(15)3)17(18)14-7-6-13(23)9-24-14/h4-10,17H,1-3H3. The molecular weight excluding hydrogens is 463 g/mol. The Balaban J connectivity index is 1.99. The molecule has 1 unspecified atom stereocenters. The second-order valence-electron chi connectivity index (χ2n) is 6.99. The fourth-order valence-electron chi connectivity index (χ4n) is 3.59. The van der Waals surface area contributed by atoms with E-state index in [-0.39, 0.29) is 11.9 Å². The predicted octanol–water partition coefficient (Wildman–Crippen LogP) is 5.99. The number of halogens is 3. The van der Waals surface area contributed by atoms with E-state index in [9.17, 15) is 4.79 Å². The summed E-state index contributed by atoms with van der Waals surface area (Å²) in [5.41, 5.74) is 3.62. The molecule has 144 valence electrons. The molecule has 4 rings (SSSR count). The van der Waals surface area contributed by atoms with Crippen molar-refractivity contribution in [3.63, 3.8) is 0 Å². The Hall–Kier alpha value is -1.89. The van der Waals surface area contributed by atoms with Crippen molar-refractivity contribution < 1.29 is 4.79 Å². The first-order chi connectivity index (χ1) is 13.3. The van der Waals surface area contributed by atoms with Gasteiger partial charge in [-0.2, -0.15) is 0 Å². The number of rotatable bonds is 3. The minimum Gasteiger partial charge on any atom is -0.317 e. The van der Waals surface area contributed by atoms with Gasteiger partial charge >= 0.3 is 0 Å². The van der Waals surface area contributed by atoms with Gasteiger partial charge in [-0.1, -0.05) is 29.3 Å². The molecular formula is C20H17BrCl2N4O. The molecule has 3 aromatic rings. The van der Waals surface area contributed by atoms with Crippen LogP contribution in [-0.4, -0.2) is 20.4 Å². The summed E-state index contributed by atoms with van der Waals surface area (Å²) in [6.45, 7) is 6.06. The summed E-state index contributed by atoms with van der Waals surface area (Å²) in [5, 5.41) is 1.10. The van der Waals surface area contributed by atoms with Crippen molar-refractivity contribution >= 4 is 50.7 Å². The summed E-state index contributed by atoms with van der Waals surface area (Å²) in [6, 6.07) is 8.81. The Morgan fingerprint density at radius 3 is 2.50 bits per heavy atom. The van der Waals surface area contributed by atoms with Gasteiger partial charge in [0.25, 0.3) is 5.91 Å². The van der Waals surface area contributed by atoms with E-state index in [2.05, 4.69) is 39.7 Å². The highest BCUT2D eigenvalue weighted by molar-refractivity contribution is 9.10. The topological polar surface area (TPSA) is 51.0 Å². The third-order valence-corrected chi connectivity index (χ3v) is 5.84. The van der Waals surface area contributed by atoms with Crippen molar-refractivity contribution in [2.24, 2.45) is 0 Å². The largest absolute Gasteiger partial charge is 0.317 e. The van der Waals surface area contributed by atoms with Crippen LogP contribution in [0.4, 0.5) is 5.69 Å². The van der Waals surface area contributed by atoms with Crippen molar-refractivity contribution in [1.82, 2.24) is 14.5 Å². The SMILES string of the molecule is Cc1ccc(Cl)cc1N1C(=O)c2nc(Br)n(C(C)C)c2C1c1ccc(Cl)cn1. The molecule has 0 saturated carbocycles. The van der Waals surface area contributed by atoms with E-state index >= 15 is 0 Å². The second-order valence-corrected chi connectivity index (χ2v) is 8.57. The van der Waals surface area contributed by atoms with Gasteiger partial charge in [0, 0.05) is 22.9 Å². The van der Waals surface area contributed by atoms with Crippen LogP contribution in [0.25, 0.3) is 0 Å². The van der Waals surface area contributed by atoms with Gasteiger partial charge in [0.1, 0.15) is 6.04 Å². The molecule has 1 atom stereocenters. The number of hydrogen-bond donors (Lipinski definition) is 0. The molecule has 0 fully saturated rings. The number of carbonyl (C=O) groups is 1. The highest BCUT2D eigenvalue weighted by atomic mass is 79.9. The molecule has 0 N–H and O–H groups in total. The minimum atomic E-state index is -0.432. The van der Waals surface area contributed by atoms with Crippen LogP contribution in [0.15, 0.2) is 41.3 Å². The molecule has 8 heteroatoms. The van der Waals surface area contributed by atoms with Crippen LogP contribution >= 0.6 is 39.1 Å². The Bertz CT molecular complexity index is 1080. The van der Waals surface area contributed by atoms with Crippen LogP contribution in [0, 0.1) is 6.92 Å². The average molecular weight is 480 g/mol. The van der Waals surface area contributed by atoms with E-state index in [1.807, 2.05) is 29.7 Å². The first kappa shape index (κ1) is 19.4. The van der Waals surface area contributed by atoms with E-state index in [0.717, 1.165) is 16.9 Å². The maximum absolute atomic E-state index is 13.4. The molecule has 1 aliphatic rings. The molecule has 0 aliphatic carbocycles. The predicted molar refractivity (Wildman–Crippen MR) is 114 cm³/mol. The van der Waals surface area contributed by atoms with E-state index in [4.69, 9.17) is 23.2 Å². The zero-order valence-electron chi connectivity index (χ0n) is 15.4. The lowest BCUT2D eigenvalue weighted by Crippen LogP contribution is -2.31. The van der Waals surface area contributed by atoms with Crippen LogP contribution in [0.5, 0.6) is 0 Å². The Morgan fingerprint density at radius 1 is 1.14 bits per heavy atom. The molecule has 0 radical (unpaired) electrons. The number of hydrogen-bond acceptors (Lipinski definition) is 3. The number of aryl methyl sites for hydroxylation is 1. The summed E-state index contributed by atoms with van der Waals surface area (Å²) in [7, 11) is 0. The first-order valence-corrected chi connectivity index (χ1v) is 10.3. The maximum atomic E-state index is 13.4. The summed E-state index contributed by atoms with van der Waals surface area (Å²) >= 11 is 15.8. The third kappa shape index (κ3) is 3.04. The van der Waals surface area contributed by atoms with Crippen molar-refractivity contribution in [3.05, 3.63) is 74.0 Å². The van der Waals surface area contributed by atoms with Crippen molar-refractivity contribution in [2.45, 2.75) is 32.9 Å². The van der Waals surface area contributed by atoms with Crippen LogP contribution in [0.2, 0.25) is 10.0 Å². The van der Waals surface area contributed by atoms with Gasteiger partial charge in [0.15, 0.2) is 10.4 Å². The fraction of sp³-hybridized carbons (Fsp3) is 0.250. The van der Waals surface area contributed by atoms with Gasteiger partial charge in [0.05, 0.1) is 16.4 Å². The number of nitrogens with zero attached hydrogens (tertiary/aromatic N) is 4. The van der Waals surface area contributed by atoms with Crippen LogP contribution < -0.4 is 4.90 Å². The van der Waals surface area contributed by atoms with Crippen LogP contribution in [0.3, 0.4) is 0 Å². The molecule has 1 amide bonds. The zero-order valence-corrected chi connectivity index (χ0v) is 18.5. The van der Waals surface area contributed by atoms with E-state index in [1.54, 1.807) is 23.2 Å². The Morgan fingerprint density at radius 2 is 1.86 bits per heavy atom. The third-order valence-electron chi connectivity index (χ3n) is 4.82. The summed E-state index contributed by atoms with van der Waals surface area (Å²) < 4.78 is 2.65. The molecule has 5 nitrogen and oxygen atoms in total. The smallest absolute Gasteiger partial charge is 0.279 e. The van der Waals surface area contributed by atoms with Crippen molar-refractivity contribution in [3.8, 4) is 0 Å². The van der Waals surface area contributed by atoms with Gasteiger partial charge < -0.3 is 4.57 Å². The van der Waals surface area contributed by atoms with Crippen LogP contribution in [0.1, 0.15) is 53.4 Å². The molecule has 0 spiro atoms. The maximum Gasteiger partial charge on any atom is 0.279 e. The first-order valence-electron chi connectivity index (χ1n) is 8.78. The zero-order chi connectivity index (χ0) is 20.2. The summed E-state index contributed by atoms with van der Waals surface area (Å²) in [4.78, 5) is 24.2. The molecule has 0 bridgehead atoms. The highest BCUT2D eigenvalue weighted by Gasteiger charge is 2.45. The Labute approximate surface area is 181 Å². The number of fused-ring (bicyclic) bond motifs is 1. The molecule has 1 aromatic carbocycles. The van der Waals surface area contributed by atoms with Gasteiger partial charge in [-0.3, -0.25) is 14.7 Å². The average Bonchev–Trinajstić information content (AvgIpc) is 3.11. The van der Waals surface area contributed by atoms with Crippen molar-refractivity contribution in [2.75, 3.05) is 4.90 Å². The number of carbonyl (C=O) groups excluding carboxylic acids is 1. The number of pyridine rings is 1. The number of aromatic nitrogens is 3. The lowest BCUT2D eigenvalue weighted by atomic mass is 10.1. The van der Waals surface area contributed by atoms with E-state index < -0.39 is 6.04 Å². The minimum absolute atomic E-state index is 0.105. The number of amides is 1. The Kier molecular flexibility index (Phi) is 4.98. The van der Waals surface area contributed by atoms with Gasteiger partial charge in [0.2, 0.25) is 0 Å². The second kappa shape index (κ2) is 7.17. The molecule has 28 heavy (non-hydrogen) atoms. The van der Waals surface area contributed by atoms with Gasteiger partial charge in [-0.05, 0) is 66.5 Å². The van der Waals surface area contributed by atoms with Crippen molar-refractivity contribution in [1.29, 1.82) is 0 Å². The number of benzene rings is 1. The fourth-order valence-corrected chi connectivity index (χ4v) is 4.65. The van der Waals surface area contributed by atoms with E-state index in [1.165, 1.54) is 0 Å². The van der Waals surface area contributed by atoms with Gasteiger partial charge in [-0.25, -0.2) is 4.98 Å². The van der Waals surface area contributed by atoms with Crippen LogP contribution in [-0.2, 0) is 0 Å². The summed E-state index contributed by atoms with van der Waals surface area (Å²) in [6.07, 6.45) is 1.59. The molecule has 3 heterocycles. The number of anilines is 1. The lowest BCUT2D eigenvalue weighted by Gasteiger charge is -2.28. The summed E-state index contributed by atoms with van der Waals surface area (Å²) in [5.74, 6) is -0.179. The monoisotopic (exact) mass is 478 g/mol. The lowest BCUT2D eigenvalue weighted by molar-refractivity contribution is 0.0989. The number of imidazole rings is 1. The van der Waals surface area contributed by atoms with Gasteiger partial charge in [-0.15, -0.1) is 0 Å². The molecule has 0 saturated heterocycles. The molecule has 1 aliphatic heterocycles. The highest BCUT2D eigenvalue weighted by Crippen LogP contribution is 2.44. The quantitative estimate of drug-likeness (QED) is 0.463.